The molecule has 3 aromatic heterocycles. The molecular formula is C20H19N5O2S. The number of hydrogen-bond acceptors (Lipinski definition) is 5. The van der Waals surface area contributed by atoms with Crippen molar-refractivity contribution in [2.45, 2.75) is 27.2 Å². The molecule has 28 heavy (non-hydrogen) atoms. The fraction of sp³-hybridized carbons (Fsp3) is 0.200. The van der Waals surface area contributed by atoms with Gasteiger partial charge in [0, 0.05) is 34.0 Å². The number of hydrogen-bond donors (Lipinski definition) is 2. The van der Waals surface area contributed by atoms with Crippen molar-refractivity contribution in [1.82, 2.24) is 19.6 Å². The number of H-pyrrole nitrogens is 1. The van der Waals surface area contributed by atoms with Crippen LogP contribution in [-0.2, 0) is 11.2 Å². The lowest BCUT2D eigenvalue weighted by molar-refractivity contribution is -0.115. The van der Waals surface area contributed by atoms with E-state index in [9.17, 15) is 9.59 Å². The molecule has 0 fully saturated rings. The zero-order valence-electron chi connectivity index (χ0n) is 15.7. The number of aromatic nitrogens is 4. The number of anilines is 1. The lowest BCUT2D eigenvalue weighted by Crippen LogP contribution is -2.17. The molecule has 3 heterocycles. The Labute approximate surface area is 165 Å². The highest BCUT2D eigenvalue weighted by atomic mass is 32.1. The zero-order chi connectivity index (χ0) is 19.8. The van der Waals surface area contributed by atoms with Crippen LogP contribution in [0.3, 0.4) is 0 Å². The van der Waals surface area contributed by atoms with Crippen LogP contribution in [0.4, 0.5) is 5.13 Å². The number of amides is 1. The average molecular weight is 393 g/mol. The van der Waals surface area contributed by atoms with Crippen LogP contribution in [0.2, 0.25) is 0 Å². The minimum absolute atomic E-state index is 0.153. The third kappa shape index (κ3) is 3.34. The van der Waals surface area contributed by atoms with Gasteiger partial charge in [-0.3, -0.25) is 14.7 Å². The highest BCUT2D eigenvalue weighted by molar-refractivity contribution is 7.14. The number of carbonyl (C=O) groups is 1. The zero-order valence-corrected chi connectivity index (χ0v) is 16.6. The molecule has 142 valence electrons. The number of carbonyl (C=O) groups excluding carboxylic acids is 1. The number of benzene rings is 1. The molecule has 0 saturated carbocycles. The summed E-state index contributed by atoms with van der Waals surface area (Å²) >= 11 is 1.39. The maximum Gasteiger partial charge on any atom is 0.266 e. The van der Waals surface area contributed by atoms with E-state index in [1.54, 1.807) is 4.52 Å². The number of thiazole rings is 1. The average Bonchev–Trinajstić information content (AvgIpc) is 3.25. The normalized spacial score (nSPS) is 11.1. The van der Waals surface area contributed by atoms with E-state index >= 15 is 0 Å². The predicted octanol–water partition coefficient (Wildman–Crippen LogP) is 3.25. The Morgan fingerprint density at radius 1 is 1.21 bits per heavy atom. The van der Waals surface area contributed by atoms with Gasteiger partial charge in [0.05, 0.1) is 12.1 Å². The van der Waals surface area contributed by atoms with Crippen LogP contribution < -0.4 is 10.9 Å². The number of rotatable bonds is 4. The maximum absolute atomic E-state index is 12.6. The molecule has 0 radical (unpaired) electrons. The quantitative estimate of drug-likeness (QED) is 0.557. The van der Waals surface area contributed by atoms with Gasteiger partial charge in [0.1, 0.15) is 0 Å². The number of nitrogens with one attached hydrogen (secondary N) is 2. The molecule has 0 aliphatic carbocycles. The molecule has 0 spiro atoms. The van der Waals surface area contributed by atoms with E-state index in [4.69, 9.17) is 0 Å². The fourth-order valence-electron chi connectivity index (χ4n) is 3.25. The van der Waals surface area contributed by atoms with Gasteiger partial charge in [-0.2, -0.15) is 0 Å². The van der Waals surface area contributed by atoms with Crippen LogP contribution >= 0.6 is 11.3 Å². The molecule has 1 aromatic carbocycles. The SMILES string of the molecule is Cc1ccccc1-c1csc(NC(=O)Cc2c(C)nc3cc(=O)[nH]n3c2C)n1. The van der Waals surface area contributed by atoms with Crippen molar-refractivity contribution in [2.75, 3.05) is 5.32 Å². The van der Waals surface area contributed by atoms with Gasteiger partial charge in [0.2, 0.25) is 5.91 Å². The van der Waals surface area contributed by atoms with E-state index in [-0.39, 0.29) is 17.9 Å². The van der Waals surface area contributed by atoms with Crippen molar-refractivity contribution in [3.63, 3.8) is 0 Å². The molecule has 4 rings (SSSR count). The summed E-state index contributed by atoms with van der Waals surface area (Å²) in [5, 5.41) is 8.06. The highest BCUT2D eigenvalue weighted by Gasteiger charge is 2.15. The molecule has 0 aliphatic rings. The summed E-state index contributed by atoms with van der Waals surface area (Å²) in [4.78, 5) is 33.1. The van der Waals surface area contributed by atoms with Gasteiger partial charge >= 0.3 is 0 Å². The molecule has 8 heteroatoms. The molecule has 7 nitrogen and oxygen atoms in total. The lowest BCUT2D eigenvalue weighted by atomic mass is 10.1. The minimum Gasteiger partial charge on any atom is -0.302 e. The Morgan fingerprint density at radius 2 is 2.00 bits per heavy atom. The van der Waals surface area contributed by atoms with Crippen molar-refractivity contribution in [1.29, 1.82) is 0 Å². The van der Waals surface area contributed by atoms with E-state index < -0.39 is 0 Å². The third-order valence-electron chi connectivity index (χ3n) is 4.71. The largest absolute Gasteiger partial charge is 0.302 e. The molecule has 2 N–H and O–H groups in total. The summed E-state index contributed by atoms with van der Waals surface area (Å²) in [6.07, 6.45) is 0.153. The Hall–Kier alpha value is -3.26. The highest BCUT2D eigenvalue weighted by Crippen LogP contribution is 2.27. The van der Waals surface area contributed by atoms with E-state index in [1.165, 1.54) is 17.4 Å². The fourth-order valence-corrected chi connectivity index (χ4v) is 3.98. The molecule has 1 amide bonds. The Balaban J connectivity index is 1.55. The van der Waals surface area contributed by atoms with Crippen molar-refractivity contribution in [2.24, 2.45) is 0 Å². The topological polar surface area (TPSA) is 92.1 Å². The second-order valence-corrected chi connectivity index (χ2v) is 7.51. The van der Waals surface area contributed by atoms with Gasteiger partial charge in [-0.25, -0.2) is 14.5 Å². The van der Waals surface area contributed by atoms with Gasteiger partial charge in [0.25, 0.3) is 5.56 Å². The summed E-state index contributed by atoms with van der Waals surface area (Å²) in [5.41, 5.74) is 5.67. The Kier molecular flexibility index (Phi) is 4.56. The molecule has 0 aliphatic heterocycles. The van der Waals surface area contributed by atoms with Gasteiger partial charge < -0.3 is 5.32 Å². The first-order valence-corrected chi connectivity index (χ1v) is 9.69. The second-order valence-electron chi connectivity index (χ2n) is 6.65. The first-order valence-electron chi connectivity index (χ1n) is 8.81. The smallest absolute Gasteiger partial charge is 0.266 e. The van der Waals surface area contributed by atoms with Gasteiger partial charge in [-0.15, -0.1) is 11.3 Å². The molecule has 0 atom stereocenters. The second kappa shape index (κ2) is 7.05. The van der Waals surface area contributed by atoms with E-state index in [1.807, 2.05) is 50.4 Å². The predicted molar refractivity (Wildman–Crippen MR) is 110 cm³/mol. The van der Waals surface area contributed by atoms with Gasteiger partial charge in [-0.1, -0.05) is 24.3 Å². The number of nitrogens with zero attached hydrogens (tertiary/aromatic N) is 3. The molecule has 0 bridgehead atoms. The first-order chi connectivity index (χ1) is 13.4. The minimum atomic E-state index is -0.219. The first kappa shape index (κ1) is 18.1. The van der Waals surface area contributed by atoms with Crippen molar-refractivity contribution in [3.05, 3.63) is 68.6 Å². The summed E-state index contributed by atoms with van der Waals surface area (Å²) in [7, 11) is 0. The molecule has 0 saturated heterocycles. The molecular weight excluding hydrogens is 374 g/mol. The number of aromatic amines is 1. The van der Waals surface area contributed by atoms with Crippen molar-refractivity contribution in [3.8, 4) is 11.3 Å². The number of aryl methyl sites for hydroxylation is 3. The summed E-state index contributed by atoms with van der Waals surface area (Å²) in [5.74, 6) is -0.174. The van der Waals surface area contributed by atoms with Crippen LogP contribution in [0.1, 0.15) is 22.5 Å². The standard InChI is InChI=1S/C20H19N5O2S/c1-11-6-4-5-7-14(11)16-10-28-20(22-16)23-18(26)8-15-12(2)21-17-9-19(27)24-25(17)13(15)3/h4-7,9-10H,8H2,1-3H3,(H,24,27)(H,22,23,26). The van der Waals surface area contributed by atoms with Crippen LogP contribution in [0, 0.1) is 20.8 Å². The Bertz CT molecular complexity index is 1250. The van der Waals surface area contributed by atoms with Gasteiger partial charge in [-0.05, 0) is 26.3 Å². The summed E-state index contributed by atoms with van der Waals surface area (Å²) in [6, 6.07) is 9.45. The maximum atomic E-state index is 12.6. The van der Waals surface area contributed by atoms with E-state index in [2.05, 4.69) is 20.4 Å². The summed E-state index contributed by atoms with van der Waals surface area (Å²) < 4.78 is 1.61. The van der Waals surface area contributed by atoms with Crippen LogP contribution in [0.5, 0.6) is 0 Å². The summed E-state index contributed by atoms with van der Waals surface area (Å²) in [6.45, 7) is 5.74. The third-order valence-corrected chi connectivity index (χ3v) is 5.47. The van der Waals surface area contributed by atoms with Gasteiger partial charge in [0.15, 0.2) is 10.8 Å². The van der Waals surface area contributed by atoms with Crippen LogP contribution in [-0.4, -0.2) is 25.5 Å². The number of fused-ring (bicyclic) bond motifs is 1. The monoisotopic (exact) mass is 393 g/mol. The molecule has 0 unspecified atom stereocenters. The lowest BCUT2D eigenvalue weighted by Gasteiger charge is -2.11. The Morgan fingerprint density at radius 3 is 2.79 bits per heavy atom. The van der Waals surface area contributed by atoms with E-state index in [0.29, 0.717) is 10.8 Å². The van der Waals surface area contributed by atoms with Crippen molar-refractivity contribution >= 4 is 28.0 Å². The van der Waals surface area contributed by atoms with Crippen LogP contribution in [0.25, 0.3) is 16.9 Å². The van der Waals surface area contributed by atoms with Crippen molar-refractivity contribution < 1.29 is 4.79 Å². The van der Waals surface area contributed by atoms with Crippen LogP contribution in [0.15, 0.2) is 40.5 Å². The molecule has 4 aromatic rings. The van der Waals surface area contributed by atoms with E-state index in [0.717, 1.165) is 33.8 Å².